The predicted octanol–water partition coefficient (Wildman–Crippen LogP) is 6.10. The fourth-order valence-electron chi connectivity index (χ4n) is 2.28. The van der Waals surface area contributed by atoms with Gasteiger partial charge in [0, 0.05) is 16.1 Å². The molecule has 0 unspecified atom stereocenters. The van der Waals surface area contributed by atoms with E-state index in [9.17, 15) is 22.4 Å². The lowest BCUT2D eigenvalue weighted by atomic mass is 10.2. The number of anilines is 2. The van der Waals surface area contributed by atoms with Gasteiger partial charge in [0.1, 0.15) is 11.6 Å². The van der Waals surface area contributed by atoms with Crippen LogP contribution in [0.4, 0.5) is 28.9 Å². The Morgan fingerprint density at radius 2 is 1.55 bits per heavy atom. The third-order valence-corrected chi connectivity index (χ3v) is 4.44. The van der Waals surface area contributed by atoms with Gasteiger partial charge in [-0.25, -0.2) is 4.39 Å². The van der Waals surface area contributed by atoms with Crippen LogP contribution >= 0.6 is 11.9 Å². The molecule has 0 aliphatic rings. The number of benzene rings is 3. The Kier molecular flexibility index (Phi) is 6.28. The minimum Gasteiger partial charge on any atom is -0.406 e. The van der Waals surface area contributed by atoms with E-state index in [0.717, 1.165) is 17.0 Å². The van der Waals surface area contributed by atoms with Crippen molar-refractivity contribution >= 4 is 29.2 Å². The molecule has 3 rings (SSSR count). The van der Waals surface area contributed by atoms with Gasteiger partial charge in [-0.3, -0.25) is 4.79 Å². The Morgan fingerprint density at radius 3 is 2.17 bits per heavy atom. The van der Waals surface area contributed by atoms with Crippen LogP contribution in [0.1, 0.15) is 10.4 Å². The predicted molar refractivity (Wildman–Crippen MR) is 103 cm³/mol. The zero-order valence-electron chi connectivity index (χ0n) is 14.7. The molecule has 0 aliphatic carbocycles. The quantitative estimate of drug-likeness (QED) is 0.373. The second kappa shape index (κ2) is 8.87. The Morgan fingerprint density at radius 1 is 0.897 bits per heavy atom. The van der Waals surface area contributed by atoms with Crippen LogP contribution in [0.3, 0.4) is 0 Å². The van der Waals surface area contributed by atoms with Gasteiger partial charge in [0.2, 0.25) is 0 Å². The summed E-state index contributed by atoms with van der Waals surface area (Å²) in [5.41, 5.74) is 1.03. The Balaban J connectivity index is 1.57. The molecule has 0 fully saturated rings. The highest BCUT2D eigenvalue weighted by molar-refractivity contribution is 8.00. The third-order valence-electron chi connectivity index (χ3n) is 3.61. The highest BCUT2D eigenvalue weighted by atomic mass is 32.2. The van der Waals surface area contributed by atoms with E-state index >= 15 is 0 Å². The zero-order valence-corrected chi connectivity index (χ0v) is 15.5. The standard InChI is InChI=1S/C20H14F4N2O2S/c21-17-3-1-2-4-18(17)26-29-16-11-5-13(6-12-16)19(27)25-14-7-9-15(10-8-14)28-20(22,23)24/h1-12,26H,(H,25,27). The lowest BCUT2D eigenvalue weighted by Crippen LogP contribution is -2.17. The fourth-order valence-corrected chi connectivity index (χ4v) is 2.94. The van der Waals surface area contributed by atoms with E-state index in [2.05, 4.69) is 14.8 Å². The molecule has 0 atom stereocenters. The molecule has 0 saturated heterocycles. The number of amides is 1. The highest BCUT2D eigenvalue weighted by Gasteiger charge is 2.30. The molecule has 0 aromatic heterocycles. The van der Waals surface area contributed by atoms with Crippen LogP contribution in [0, 0.1) is 5.82 Å². The number of ether oxygens (including phenoxy) is 1. The van der Waals surface area contributed by atoms with Crippen LogP contribution in [0.25, 0.3) is 0 Å². The van der Waals surface area contributed by atoms with Crippen molar-refractivity contribution in [3.05, 3.63) is 84.2 Å². The molecule has 0 heterocycles. The largest absolute Gasteiger partial charge is 0.573 e. The second-order valence-corrected chi connectivity index (χ2v) is 6.61. The number of nitrogens with one attached hydrogen (secondary N) is 2. The maximum atomic E-state index is 13.6. The molecule has 0 radical (unpaired) electrons. The van der Waals surface area contributed by atoms with Gasteiger partial charge in [-0.1, -0.05) is 12.1 Å². The molecule has 0 saturated carbocycles. The number of hydrogen-bond acceptors (Lipinski definition) is 4. The summed E-state index contributed by atoms with van der Waals surface area (Å²) < 4.78 is 56.7. The number of rotatable bonds is 6. The van der Waals surface area contributed by atoms with Crippen molar-refractivity contribution in [2.75, 3.05) is 10.0 Å². The molecular formula is C20H14F4N2O2S. The summed E-state index contributed by atoms with van der Waals surface area (Å²) in [6.45, 7) is 0. The topological polar surface area (TPSA) is 50.4 Å². The van der Waals surface area contributed by atoms with Gasteiger partial charge in [0.25, 0.3) is 5.91 Å². The second-order valence-electron chi connectivity index (χ2n) is 5.73. The summed E-state index contributed by atoms with van der Waals surface area (Å²) in [6.07, 6.45) is -4.77. The summed E-state index contributed by atoms with van der Waals surface area (Å²) in [4.78, 5) is 13.0. The van der Waals surface area contributed by atoms with Crippen molar-refractivity contribution in [1.82, 2.24) is 0 Å². The van der Waals surface area contributed by atoms with Crippen LogP contribution in [0.2, 0.25) is 0 Å². The number of carbonyl (C=O) groups excluding carboxylic acids is 1. The van der Waals surface area contributed by atoms with Gasteiger partial charge in [0.05, 0.1) is 5.69 Å². The van der Waals surface area contributed by atoms with E-state index in [1.54, 1.807) is 42.5 Å². The first-order valence-corrected chi connectivity index (χ1v) is 9.06. The molecular weight excluding hydrogens is 408 g/mol. The van der Waals surface area contributed by atoms with Crippen molar-refractivity contribution in [2.24, 2.45) is 0 Å². The SMILES string of the molecule is O=C(Nc1ccc(OC(F)(F)F)cc1)c1ccc(SNc2ccccc2F)cc1. The van der Waals surface area contributed by atoms with Gasteiger partial charge in [-0.05, 0) is 72.6 Å². The minimum absolute atomic E-state index is 0.323. The van der Waals surface area contributed by atoms with Gasteiger partial charge in [0.15, 0.2) is 0 Å². The van der Waals surface area contributed by atoms with Crippen LogP contribution in [-0.2, 0) is 0 Å². The number of alkyl halides is 3. The molecule has 1 amide bonds. The van der Waals surface area contributed by atoms with Crippen LogP contribution in [-0.4, -0.2) is 12.3 Å². The van der Waals surface area contributed by atoms with Crippen molar-refractivity contribution < 1.29 is 27.1 Å². The summed E-state index contributed by atoms with van der Waals surface area (Å²) in [6, 6.07) is 17.6. The first-order valence-electron chi connectivity index (χ1n) is 8.25. The molecule has 9 heteroatoms. The molecule has 3 aromatic carbocycles. The molecule has 0 aliphatic heterocycles. The van der Waals surface area contributed by atoms with E-state index in [1.807, 2.05) is 0 Å². The normalized spacial score (nSPS) is 11.0. The summed E-state index contributed by atoms with van der Waals surface area (Å²) in [5.74, 6) is -1.17. The van der Waals surface area contributed by atoms with Crippen molar-refractivity contribution in [1.29, 1.82) is 0 Å². The van der Waals surface area contributed by atoms with Crippen LogP contribution in [0.15, 0.2) is 77.7 Å². The van der Waals surface area contributed by atoms with Gasteiger partial charge < -0.3 is 14.8 Å². The molecule has 29 heavy (non-hydrogen) atoms. The van der Waals surface area contributed by atoms with E-state index in [-0.39, 0.29) is 11.6 Å². The van der Waals surface area contributed by atoms with Gasteiger partial charge >= 0.3 is 6.36 Å². The smallest absolute Gasteiger partial charge is 0.406 e. The Bertz CT molecular complexity index is 977. The van der Waals surface area contributed by atoms with Gasteiger partial charge in [-0.15, -0.1) is 13.2 Å². The zero-order chi connectivity index (χ0) is 20.9. The van der Waals surface area contributed by atoms with Crippen molar-refractivity contribution in [3.8, 4) is 5.75 Å². The molecule has 150 valence electrons. The van der Waals surface area contributed by atoms with Crippen LogP contribution in [0.5, 0.6) is 5.75 Å². The fraction of sp³-hybridized carbons (Fsp3) is 0.0500. The number of halogens is 4. The molecule has 3 aromatic rings. The first kappa shape index (κ1) is 20.5. The van der Waals surface area contributed by atoms with E-state index in [1.165, 1.54) is 30.1 Å². The molecule has 4 nitrogen and oxygen atoms in total. The lowest BCUT2D eigenvalue weighted by Gasteiger charge is -2.10. The van der Waals surface area contributed by atoms with Crippen molar-refractivity contribution in [3.63, 3.8) is 0 Å². The molecule has 0 spiro atoms. The minimum atomic E-state index is -4.77. The monoisotopic (exact) mass is 422 g/mol. The van der Waals surface area contributed by atoms with E-state index in [0.29, 0.717) is 16.9 Å². The number of hydrogen-bond donors (Lipinski definition) is 2. The molecule has 2 N–H and O–H groups in total. The summed E-state index contributed by atoms with van der Waals surface area (Å²) >= 11 is 1.19. The average molecular weight is 422 g/mol. The van der Waals surface area contributed by atoms with E-state index < -0.39 is 12.3 Å². The number of carbonyl (C=O) groups is 1. The van der Waals surface area contributed by atoms with Crippen molar-refractivity contribution in [2.45, 2.75) is 11.3 Å². The number of para-hydroxylation sites is 1. The Labute approximate surface area is 168 Å². The first-order chi connectivity index (χ1) is 13.8. The lowest BCUT2D eigenvalue weighted by molar-refractivity contribution is -0.274. The maximum Gasteiger partial charge on any atom is 0.573 e. The Hall–Kier alpha value is -3.20. The maximum absolute atomic E-state index is 13.6. The molecule has 0 bridgehead atoms. The summed E-state index contributed by atoms with van der Waals surface area (Å²) in [7, 11) is 0. The van der Waals surface area contributed by atoms with Crippen LogP contribution < -0.4 is 14.8 Å². The van der Waals surface area contributed by atoms with E-state index in [4.69, 9.17) is 0 Å². The highest BCUT2D eigenvalue weighted by Crippen LogP contribution is 2.25. The average Bonchev–Trinajstić information content (AvgIpc) is 2.68. The summed E-state index contributed by atoms with van der Waals surface area (Å²) in [5, 5.41) is 2.59. The third kappa shape index (κ3) is 6.15. The van der Waals surface area contributed by atoms with Gasteiger partial charge in [-0.2, -0.15) is 0 Å².